The largest absolute Gasteiger partial charge is 0.385 e. The van der Waals surface area contributed by atoms with Crippen molar-refractivity contribution in [1.29, 1.82) is 0 Å². The van der Waals surface area contributed by atoms with Crippen LogP contribution in [0.2, 0.25) is 0 Å². The van der Waals surface area contributed by atoms with Gasteiger partial charge in [-0.2, -0.15) is 4.98 Å². The average Bonchev–Trinajstić information content (AvgIpc) is 2.74. The van der Waals surface area contributed by atoms with Crippen molar-refractivity contribution >= 4 is 0 Å². The highest BCUT2D eigenvalue weighted by Gasteiger charge is 2.43. The number of nitrogens with one attached hydrogen (secondary N) is 1. The molecule has 2 heterocycles. The van der Waals surface area contributed by atoms with Gasteiger partial charge in [0.2, 0.25) is 5.89 Å². The summed E-state index contributed by atoms with van der Waals surface area (Å²) in [6, 6.07) is 0.273. The molecule has 2 fully saturated rings. The van der Waals surface area contributed by atoms with E-state index in [4.69, 9.17) is 14.2 Å². The fraction of sp³-hybridized carbons (Fsp3) is 0.867. The Kier molecular flexibility index (Phi) is 4.36. The second kappa shape index (κ2) is 6.22. The third-order valence-corrected chi connectivity index (χ3v) is 4.86. The van der Waals surface area contributed by atoms with E-state index in [9.17, 15) is 0 Å². The van der Waals surface area contributed by atoms with Crippen molar-refractivity contribution in [1.82, 2.24) is 15.5 Å². The first-order valence-electron chi connectivity index (χ1n) is 7.90. The molecule has 5 heteroatoms. The van der Waals surface area contributed by atoms with Crippen LogP contribution in [-0.4, -0.2) is 30.4 Å². The molecule has 0 aromatic carbocycles. The SMILES string of the molecule is COCCC1(c2nc(C3CCCCCN3)no2)CCC1. The highest BCUT2D eigenvalue weighted by molar-refractivity contribution is 5.11. The predicted octanol–water partition coefficient (Wildman–Crippen LogP) is 2.73. The molecule has 1 saturated carbocycles. The van der Waals surface area contributed by atoms with Gasteiger partial charge in [-0.25, -0.2) is 0 Å². The number of nitrogens with zero attached hydrogens (tertiary/aromatic N) is 2. The zero-order valence-electron chi connectivity index (χ0n) is 12.4. The molecule has 0 bridgehead atoms. The minimum atomic E-state index is 0.0893. The molecule has 1 aliphatic carbocycles. The summed E-state index contributed by atoms with van der Waals surface area (Å²) in [6.45, 7) is 1.82. The van der Waals surface area contributed by atoms with Crippen molar-refractivity contribution in [3.8, 4) is 0 Å². The van der Waals surface area contributed by atoms with Crippen molar-refractivity contribution in [2.75, 3.05) is 20.3 Å². The summed E-state index contributed by atoms with van der Waals surface area (Å²) in [5.74, 6) is 1.69. The summed E-state index contributed by atoms with van der Waals surface area (Å²) >= 11 is 0. The summed E-state index contributed by atoms with van der Waals surface area (Å²) in [6.07, 6.45) is 9.45. The molecule has 1 atom stereocenters. The molecule has 1 aromatic heterocycles. The number of methoxy groups -OCH3 is 1. The quantitative estimate of drug-likeness (QED) is 0.898. The molecular weight excluding hydrogens is 254 g/mol. The third kappa shape index (κ3) is 2.74. The first-order chi connectivity index (χ1) is 9.84. The maximum atomic E-state index is 5.61. The highest BCUT2D eigenvalue weighted by Crippen LogP contribution is 2.45. The monoisotopic (exact) mass is 279 g/mol. The van der Waals surface area contributed by atoms with Gasteiger partial charge in [0.1, 0.15) is 0 Å². The van der Waals surface area contributed by atoms with E-state index in [2.05, 4.69) is 10.5 Å². The molecule has 1 saturated heterocycles. The molecule has 1 aliphatic heterocycles. The van der Waals surface area contributed by atoms with Gasteiger partial charge >= 0.3 is 0 Å². The Morgan fingerprint density at radius 1 is 1.30 bits per heavy atom. The standard InChI is InChI=1S/C15H25N3O2/c1-19-11-9-15(7-5-8-15)14-17-13(18-20-14)12-6-3-2-4-10-16-12/h12,16H,2-11H2,1H3. The van der Waals surface area contributed by atoms with Gasteiger partial charge in [0.05, 0.1) is 11.5 Å². The molecule has 20 heavy (non-hydrogen) atoms. The van der Waals surface area contributed by atoms with E-state index in [-0.39, 0.29) is 11.5 Å². The van der Waals surface area contributed by atoms with Crippen LogP contribution >= 0.6 is 0 Å². The molecule has 1 unspecified atom stereocenters. The maximum Gasteiger partial charge on any atom is 0.233 e. The van der Waals surface area contributed by atoms with Crippen LogP contribution in [0.15, 0.2) is 4.52 Å². The van der Waals surface area contributed by atoms with Gasteiger partial charge in [0.15, 0.2) is 5.82 Å². The summed E-state index contributed by atoms with van der Waals surface area (Å²) in [7, 11) is 1.75. The molecule has 112 valence electrons. The smallest absolute Gasteiger partial charge is 0.233 e. The van der Waals surface area contributed by atoms with Crippen molar-refractivity contribution in [3.63, 3.8) is 0 Å². The molecule has 0 amide bonds. The number of aromatic nitrogens is 2. The van der Waals surface area contributed by atoms with Crippen molar-refractivity contribution in [3.05, 3.63) is 11.7 Å². The Morgan fingerprint density at radius 3 is 2.95 bits per heavy atom. The second-order valence-electron chi connectivity index (χ2n) is 6.19. The van der Waals surface area contributed by atoms with Crippen LogP contribution in [0.1, 0.15) is 69.1 Å². The number of hydrogen-bond donors (Lipinski definition) is 1. The van der Waals surface area contributed by atoms with Gasteiger partial charge in [-0.3, -0.25) is 0 Å². The van der Waals surface area contributed by atoms with Crippen molar-refractivity contribution in [2.24, 2.45) is 0 Å². The average molecular weight is 279 g/mol. The Balaban J connectivity index is 1.71. The van der Waals surface area contributed by atoms with Gasteiger partial charge in [-0.1, -0.05) is 24.4 Å². The number of rotatable bonds is 5. The second-order valence-corrected chi connectivity index (χ2v) is 6.19. The van der Waals surface area contributed by atoms with E-state index in [1.807, 2.05) is 0 Å². The van der Waals surface area contributed by atoms with Crippen LogP contribution in [0.3, 0.4) is 0 Å². The van der Waals surface area contributed by atoms with Gasteiger partial charge < -0.3 is 14.6 Å². The van der Waals surface area contributed by atoms with E-state index in [0.29, 0.717) is 0 Å². The lowest BCUT2D eigenvalue weighted by molar-refractivity contribution is 0.104. The van der Waals surface area contributed by atoms with E-state index in [1.54, 1.807) is 7.11 Å². The van der Waals surface area contributed by atoms with Crippen molar-refractivity contribution < 1.29 is 9.26 Å². The van der Waals surface area contributed by atoms with E-state index in [1.165, 1.54) is 25.7 Å². The predicted molar refractivity (Wildman–Crippen MR) is 75.5 cm³/mol. The van der Waals surface area contributed by atoms with Crippen LogP contribution in [0.25, 0.3) is 0 Å². The molecule has 0 radical (unpaired) electrons. The number of hydrogen-bond acceptors (Lipinski definition) is 5. The van der Waals surface area contributed by atoms with E-state index in [0.717, 1.165) is 50.6 Å². The lowest BCUT2D eigenvalue weighted by Gasteiger charge is -2.38. The van der Waals surface area contributed by atoms with Gasteiger partial charge in [0, 0.05) is 13.7 Å². The van der Waals surface area contributed by atoms with Crippen LogP contribution in [0.5, 0.6) is 0 Å². The Labute approximate surface area is 120 Å². The lowest BCUT2D eigenvalue weighted by Crippen LogP contribution is -2.36. The molecule has 2 aliphatic rings. The molecule has 1 aromatic rings. The topological polar surface area (TPSA) is 60.2 Å². The minimum absolute atomic E-state index is 0.0893. The van der Waals surface area contributed by atoms with Gasteiger partial charge in [-0.05, 0) is 38.6 Å². The van der Waals surface area contributed by atoms with Crippen LogP contribution in [0, 0.1) is 0 Å². The molecule has 0 spiro atoms. The number of ether oxygens (including phenoxy) is 1. The van der Waals surface area contributed by atoms with Crippen LogP contribution in [-0.2, 0) is 10.2 Å². The molecular formula is C15H25N3O2. The normalized spacial score (nSPS) is 25.9. The summed E-state index contributed by atoms with van der Waals surface area (Å²) in [4.78, 5) is 4.73. The fourth-order valence-electron chi connectivity index (χ4n) is 3.31. The summed E-state index contributed by atoms with van der Waals surface area (Å²) < 4.78 is 10.8. The lowest BCUT2D eigenvalue weighted by atomic mass is 9.66. The van der Waals surface area contributed by atoms with E-state index >= 15 is 0 Å². The van der Waals surface area contributed by atoms with Gasteiger partial charge in [0.25, 0.3) is 0 Å². The Morgan fingerprint density at radius 2 is 2.20 bits per heavy atom. The first-order valence-corrected chi connectivity index (χ1v) is 7.90. The molecule has 5 nitrogen and oxygen atoms in total. The van der Waals surface area contributed by atoms with Gasteiger partial charge in [-0.15, -0.1) is 0 Å². The zero-order chi connectivity index (χ0) is 13.8. The van der Waals surface area contributed by atoms with Crippen LogP contribution in [0.4, 0.5) is 0 Å². The molecule has 3 rings (SSSR count). The van der Waals surface area contributed by atoms with Crippen molar-refractivity contribution in [2.45, 2.75) is 62.8 Å². The Bertz CT molecular complexity index is 421. The summed E-state index contributed by atoms with van der Waals surface area (Å²) in [5, 5.41) is 7.78. The zero-order valence-corrected chi connectivity index (χ0v) is 12.4. The fourth-order valence-corrected chi connectivity index (χ4v) is 3.31. The minimum Gasteiger partial charge on any atom is -0.385 e. The highest BCUT2D eigenvalue weighted by atomic mass is 16.5. The molecule has 1 N–H and O–H groups in total. The van der Waals surface area contributed by atoms with Crippen LogP contribution < -0.4 is 5.32 Å². The Hall–Kier alpha value is -0.940. The third-order valence-electron chi connectivity index (χ3n) is 4.86. The first kappa shape index (κ1) is 14.0. The maximum absolute atomic E-state index is 5.61. The van der Waals surface area contributed by atoms with E-state index < -0.39 is 0 Å². The summed E-state index contributed by atoms with van der Waals surface area (Å²) in [5.41, 5.74) is 0.0893.